The van der Waals surface area contributed by atoms with Crippen LogP contribution in [-0.2, 0) is 14.3 Å². The first kappa shape index (κ1) is 16.5. The van der Waals surface area contributed by atoms with Crippen LogP contribution in [0.5, 0.6) is 0 Å². The number of carbonyl (C=O) groups is 1. The van der Waals surface area contributed by atoms with Gasteiger partial charge < -0.3 is 20.5 Å². The van der Waals surface area contributed by atoms with Gasteiger partial charge in [0.25, 0.3) is 5.91 Å². The standard InChI is InChI=1S/C15H24N2O3/c1-3-4-9-19-10-11-20-12(2)15(18)17-14-7-5-13(16)6-8-14/h5-8,12H,3-4,9-11,16H2,1-2H3,(H,17,18). The van der Waals surface area contributed by atoms with Crippen molar-refractivity contribution < 1.29 is 14.3 Å². The molecule has 0 aromatic heterocycles. The predicted molar refractivity (Wildman–Crippen MR) is 80.6 cm³/mol. The van der Waals surface area contributed by atoms with Crippen molar-refractivity contribution in [2.24, 2.45) is 0 Å². The van der Waals surface area contributed by atoms with Crippen LogP contribution >= 0.6 is 0 Å². The van der Waals surface area contributed by atoms with E-state index in [1.54, 1.807) is 31.2 Å². The number of carbonyl (C=O) groups excluding carboxylic acids is 1. The maximum atomic E-state index is 11.9. The fraction of sp³-hybridized carbons (Fsp3) is 0.533. The molecule has 1 aromatic carbocycles. The Balaban J connectivity index is 2.20. The van der Waals surface area contributed by atoms with E-state index in [9.17, 15) is 4.79 Å². The molecule has 0 spiro atoms. The summed E-state index contributed by atoms with van der Waals surface area (Å²) < 4.78 is 10.8. The summed E-state index contributed by atoms with van der Waals surface area (Å²) >= 11 is 0. The van der Waals surface area contributed by atoms with Crippen LogP contribution in [-0.4, -0.2) is 31.8 Å². The highest BCUT2D eigenvalue weighted by Gasteiger charge is 2.13. The Kier molecular flexibility index (Phi) is 7.69. The first-order valence-electron chi connectivity index (χ1n) is 6.99. The summed E-state index contributed by atoms with van der Waals surface area (Å²) in [5, 5.41) is 2.77. The number of amides is 1. The molecule has 1 unspecified atom stereocenters. The van der Waals surface area contributed by atoms with Gasteiger partial charge in [-0.25, -0.2) is 0 Å². The van der Waals surface area contributed by atoms with Crippen LogP contribution in [0, 0.1) is 0 Å². The number of nitrogens with two attached hydrogens (primary N) is 1. The normalized spacial score (nSPS) is 12.1. The van der Waals surface area contributed by atoms with Gasteiger partial charge in [-0.1, -0.05) is 13.3 Å². The first-order valence-corrected chi connectivity index (χ1v) is 6.99. The summed E-state index contributed by atoms with van der Waals surface area (Å²) in [6.07, 6.45) is 1.65. The number of ether oxygens (including phenoxy) is 2. The van der Waals surface area contributed by atoms with Gasteiger partial charge in [0.1, 0.15) is 6.10 Å². The Morgan fingerprint density at radius 3 is 2.60 bits per heavy atom. The van der Waals surface area contributed by atoms with Crippen molar-refractivity contribution in [3.05, 3.63) is 24.3 Å². The highest BCUT2D eigenvalue weighted by atomic mass is 16.5. The number of hydrogen-bond donors (Lipinski definition) is 2. The van der Waals surface area contributed by atoms with Crippen LogP contribution in [0.3, 0.4) is 0 Å². The molecule has 3 N–H and O–H groups in total. The zero-order valence-electron chi connectivity index (χ0n) is 12.2. The molecule has 0 saturated carbocycles. The minimum atomic E-state index is -0.512. The average Bonchev–Trinajstić information content (AvgIpc) is 2.45. The topological polar surface area (TPSA) is 73.6 Å². The van der Waals surface area contributed by atoms with E-state index in [1.807, 2.05) is 0 Å². The van der Waals surface area contributed by atoms with Crippen LogP contribution in [0.15, 0.2) is 24.3 Å². The fourth-order valence-corrected chi connectivity index (χ4v) is 1.52. The second-order valence-corrected chi connectivity index (χ2v) is 4.59. The summed E-state index contributed by atoms with van der Waals surface area (Å²) in [6.45, 7) is 5.51. The lowest BCUT2D eigenvalue weighted by molar-refractivity contribution is -0.127. The quantitative estimate of drug-likeness (QED) is 0.538. The number of hydrogen-bond acceptors (Lipinski definition) is 4. The van der Waals surface area contributed by atoms with Crippen molar-refractivity contribution in [3.8, 4) is 0 Å². The fourth-order valence-electron chi connectivity index (χ4n) is 1.52. The van der Waals surface area contributed by atoms with Crippen molar-refractivity contribution >= 4 is 17.3 Å². The second-order valence-electron chi connectivity index (χ2n) is 4.59. The van der Waals surface area contributed by atoms with Crippen LogP contribution in [0.2, 0.25) is 0 Å². The molecule has 0 radical (unpaired) electrons. The van der Waals surface area contributed by atoms with Crippen molar-refractivity contribution in [3.63, 3.8) is 0 Å². The van der Waals surface area contributed by atoms with E-state index in [1.165, 1.54) is 0 Å². The maximum absolute atomic E-state index is 11.9. The summed E-state index contributed by atoms with van der Waals surface area (Å²) in [4.78, 5) is 11.9. The largest absolute Gasteiger partial charge is 0.399 e. The van der Waals surface area contributed by atoms with Gasteiger partial charge >= 0.3 is 0 Å². The van der Waals surface area contributed by atoms with Gasteiger partial charge in [0.2, 0.25) is 0 Å². The second kappa shape index (κ2) is 9.34. The summed E-state index contributed by atoms with van der Waals surface area (Å²) in [6, 6.07) is 6.99. The Morgan fingerprint density at radius 1 is 1.25 bits per heavy atom. The minimum Gasteiger partial charge on any atom is -0.399 e. The van der Waals surface area contributed by atoms with Crippen molar-refractivity contribution in [1.29, 1.82) is 0 Å². The van der Waals surface area contributed by atoms with E-state index in [-0.39, 0.29) is 5.91 Å². The zero-order chi connectivity index (χ0) is 14.8. The van der Waals surface area contributed by atoms with Gasteiger partial charge in [-0.3, -0.25) is 4.79 Å². The molecule has 0 aliphatic heterocycles. The highest BCUT2D eigenvalue weighted by Crippen LogP contribution is 2.11. The SMILES string of the molecule is CCCCOCCOC(C)C(=O)Nc1ccc(N)cc1. The van der Waals surface area contributed by atoms with E-state index < -0.39 is 6.10 Å². The molecular formula is C15H24N2O3. The number of nitrogen functional groups attached to an aromatic ring is 1. The molecule has 20 heavy (non-hydrogen) atoms. The monoisotopic (exact) mass is 280 g/mol. The van der Waals surface area contributed by atoms with Crippen molar-refractivity contribution in [2.45, 2.75) is 32.8 Å². The van der Waals surface area contributed by atoms with Gasteiger partial charge in [-0.2, -0.15) is 0 Å². The third kappa shape index (κ3) is 6.54. The van der Waals surface area contributed by atoms with Crippen molar-refractivity contribution in [1.82, 2.24) is 0 Å². The molecule has 0 fully saturated rings. The maximum Gasteiger partial charge on any atom is 0.253 e. The first-order chi connectivity index (χ1) is 9.63. The molecule has 5 heteroatoms. The van der Waals surface area contributed by atoms with Gasteiger partial charge in [0, 0.05) is 18.0 Å². The molecule has 5 nitrogen and oxygen atoms in total. The lowest BCUT2D eigenvalue weighted by Gasteiger charge is -2.13. The van der Waals surface area contributed by atoms with Crippen LogP contribution in [0.1, 0.15) is 26.7 Å². The number of unbranched alkanes of at least 4 members (excludes halogenated alkanes) is 1. The van der Waals surface area contributed by atoms with Crippen LogP contribution in [0.4, 0.5) is 11.4 Å². The Bertz CT molecular complexity index is 393. The van der Waals surface area contributed by atoms with Crippen LogP contribution in [0.25, 0.3) is 0 Å². The molecule has 1 amide bonds. The average molecular weight is 280 g/mol. The van der Waals surface area contributed by atoms with Gasteiger partial charge in [-0.15, -0.1) is 0 Å². The molecule has 0 bridgehead atoms. The van der Waals surface area contributed by atoms with Gasteiger partial charge in [-0.05, 0) is 37.6 Å². The summed E-state index contributed by atoms with van der Waals surface area (Å²) in [5.41, 5.74) is 6.95. The van der Waals surface area contributed by atoms with Gasteiger partial charge in [0.05, 0.1) is 13.2 Å². The number of anilines is 2. The molecule has 0 heterocycles. The molecule has 0 saturated heterocycles. The molecular weight excluding hydrogens is 256 g/mol. The molecule has 112 valence electrons. The number of benzene rings is 1. The third-order valence-corrected chi connectivity index (χ3v) is 2.79. The molecule has 0 aliphatic carbocycles. The van der Waals surface area contributed by atoms with E-state index in [2.05, 4.69) is 12.2 Å². The zero-order valence-corrected chi connectivity index (χ0v) is 12.2. The van der Waals surface area contributed by atoms with E-state index in [0.717, 1.165) is 19.4 Å². The highest BCUT2D eigenvalue weighted by molar-refractivity contribution is 5.93. The third-order valence-electron chi connectivity index (χ3n) is 2.79. The Labute approximate surface area is 120 Å². The number of rotatable bonds is 9. The van der Waals surface area contributed by atoms with Gasteiger partial charge in [0.15, 0.2) is 0 Å². The smallest absolute Gasteiger partial charge is 0.253 e. The molecule has 1 atom stereocenters. The lowest BCUT2D eigenvalue weighted by Crippen LogP contribution is -2.28. The molecule has 0 aliphatic rings. The lowest BCUT2D eigenvalue weighted by atomic mass is 10.2. The summed E-state index contributed by atoms with van der Waals surface area (Å²) in [7, 11) is 0. The Morgan fingerprint density at radius 2 is 1.95 bits per heavy atom. The van der Waals surface area contributed by atoms with Crippen molar-refractivity contribution in [2.75, 3.05) is 30.9 Å². The molecule has 1 rings (SSSR count). The Hall–Kier alpha value is -1.59. The van der Waals surface area contributed by atoms with Crippen LogP contribution < -0.4 is 11.1 Å². The predicted octanol–water partition coefficient (Wildman–Crippen LogP) is 2.43. The number of nitrogens with one attached hydrogen (secondary N) is 1. The van der Waals surface area contributed by atoms with E-state index >= 15 is 0 Å². The van der Waals surface area contributed by atoms with E-state index in [0.29, 0.717) is 24.6 Å². The van der Waals surface area contributed by atoms with E-state index in [4.69, 9.17) is 15.2 Å². The minimum absolute atomic E-state index is 0.177. The summed E-state index contributed by atoms with van der Waals surface area (Å²) in [5.74, 6) is -0.177. The molecule has 1 aromatic rings.